The average Bonchev–Trinajstić information content (AvgIpc) is 2.89. The number of rotatable bonds is 6. The highest BCUT2D eigenvalue weighted by atomic mass is 16.5. The second-order valence-corrected chi connectivity index (χ2v) is 4.75. The van der Waals surface area contributed by atoms with E-state index in [0.717, 1.165) is 11.4 Å². The third-order valence-electron chi connectivity index (χ3n) is 2.93. The molecule has 0 radical (unpaired) electrons. The van der Waals surface area contributed by atoms with E-state index in [2.05, 4.69) is 10.4 Å². The molecule has 0 fully saturated rings. The molecule has 1 atom stereocenters. The molecule has 2 aromatic rings. The maximum absolute atomic E-state index is 11.9. The molecule has 0 aliphatic heterocycles. The first-order valence-electron chi connectivity index (χ1n) is 6.59. The summed E-state index contributed by atoms with van der Waals surface area (Å²) in [6.45, 7) is 2.65. The van der Waals surface area contributed by atoms with Crippen LogP contribution in [0.1, 0.15) is 12.5 Å². The van der Waals surface area contributed by atoms with E-state index in [1.54, 1.807) is 4.68 Å². The number of aryl methyl sites for hydroxylation is 1. The minimum absolute atomic E-state index is 0.211. The Bertz CT molecular complexity index is 551. The van der Waals surface area contributed by atoms with Crippen molar-refractivity contribution in [3.8, 4) is 0 Å². The molecule has 0 aliphatic carbocycles. The lowest BCUT2D eigenvalue weighted by Crippen LogP contribution is -2.22. The third kappa shape index (κ3) is 4.12. The van der Waals surface area contributed by atoms with Crippen LogP contribution < -0.4 is 5.32 Å². The van der Waals surface area contributed by atoms with Gasteiger partial charge in [0, 0.05) is 25.9 Å². The zero-order valence-corrected chi connectivity index (χ0v) is 11.7. The van der Waals surface area contributed by atoms with E-state index in [4.69, 9.17) is 4.74 Å². The van der Waals surface area contributed by atoms with E-state index >= 15 is 0 Å². The number of carbonyl (C=O) groups excluding carboxylic acids is 1. The Kier molecular flexibility index (Phi) is 4.76. The Morgan fingerprint density at radius 1 is 1.35 bits per heavy atom. The topological polar surface area (TPSA) is 56.2 Å². The Morgan fingerprint density at radius 3 is 2.75 bits per heavy atom. The van der Waals surface area contributed by atoms with Gasteiger partial charge >= 0.3 is 5.97 Å². The maximum atomic E-state index is 11.9. The van der Waals surface area contributed by atoms with Crippen LogP contribution in [0.15, 0.2) is 42.6 Å². The van der Waals surface area contributed by atoms with Gasteiger partial charge in [-0.2, -0.15) is 5.10 Å². The Balaban J connectivity index is 1.74. The van der Waals surface area contributed by atoms with Crippen LogP contribution in [-0.4, -0.2) is 22.3 Å². The van der Waals surface area contributed by atoms with Gasteiger partial charge in [0.25, 0.3) is 0 Å². The highest BCUT2D eigenvalue weighted by Gasteiger charge is 2.14. The number of nitrogens with one attached hydrogen (secondary N) is 1. The van der Waals surface area contributed by atoms with Gasteiger partial charge in [-0.05, 0) is 5.56 Å². The summed E-state index contributed by atoms with van der Waals surface area (Å²) in [5, 5.41) is 7.30. The smallest absolute Gasteiger partial charge is 0.310 e. The second kappa shape index (κ2) is 6.75. The fraction of sp³-hybridized carbons (Fsp3) is 0.333. The second-order valence-electron chi connectivity index (χ2n) is 4.75. The molecule has 0 saturated carbocycles. The van der Waals surface area contributed by atoms with Gasteiger partial charge in [-0.1, -0.05) is 37.3 Å². The zero-order valence-electron chi connectivity index (χ0n) is 11.7. The van der Waals surface area contributed by atoms with Gasteiger partial charge in [-0.25, -0.2) is 0 Å². The number of nitrogens with zero attached hydrogens (tertiary/aromatic N) is 2. The van der Waals surface area contributed by atoms with Crippen LogP contribution >= 0.6 is 0 Å². The van der Waals surface area contributed by atoms with Gasteiger partial charge in [0.2, 0.25) is 0 Å². The minimum atomic E-state index is -0.222. The summed E-state index contributed by atoms with van der Waals surface area (Å²) in [6, 6.07) is 11.5. The molecule has 0 saturated heterocycles. The zero-order chi connectivity index (χ0) is 14.4. The van der Waals surface area contributed by atoms with Crippen molar-refractivity contribution < 1.29 is 9.53 Å². The molecule has 1 aromatic heterocycles. The van der Waals surface area contributed by atoms with Crippen molar-refractivity contribution in [1.82, 2.24) is 9.78 Å². The molecular weight excluding hydrogens is 254 g/mol. The van der Waals surface area contributed by atoms with Crippen LogP contribution in [0, 0.1) is 5.92 Å². The first kappa shape index (κ1) is 14.1. The molecule has 1 unspecified atom stereocenters. The molecule has 1 aromatic carbocycles. The van der Waals surface area contributed by atoms with Crippen molar-refractivity contribution in [1.29, 1.82) is 0 Å². The van der Waals surface area contributed by atoms with E-state index in [0.29, 0.717) is 13.2 Å². The largest absolute Gasteiger partial charge is 0.461 e. The SMILES string of the molecule is CC(CNc1ccn(C)n1)C(=O)OCc1ccccc1. The maximum Gasteiger partial charge on any atom is 0.310 e. The van der Waals surface area contributed by atoms with E-state index < -0.39 is 0 Å². The van der Waals surface area contributed by atoms with Crippen LogP contribution in [0.25, 0.3) is 0 Å². The summed E-state index contributed by atoms with van der Waals surface area (Å²) in [5.41, 5.74) is 0.991. The summed E-state index contributed by atoms with van der Waals surface area (Å²) < 4.78 is 6.99. The molecule has 0 bridgehead atoms. The first-order chi connectivity index (χ1) is 9.65. The molecule has 0 spiro atoms. The molecule has 1 N–H and O–H groups in total. The average molecular weight is 273 g/mol. The van der Waals surface area contributed by atoms with Gasteiger partial charge in [0.15, 0.2) is 0 Å². The number of hydrogen-bond acceptors (Lipinski definition) is 4. The quantitative estimate of drug-likeness (QED) is 0.820. The fourth-order valence-corrected chi connectivity index (χ4v) is 1.72. The summed E-state index contributed by atoms with van der Waals surface area (Å²) >= 11 is 0. The van der Waals surface area contributed by atoms with Crippen molar-refractivity contribution in [3.63, 3.8) is 0 Å². The van der Waals surface area contributed by atoms with Crippen molar-refractivity contribution in [2.45, 2.75) is 13.5 Å². The van der Waals surface area contributed by atoms with E-state index in [1.807, 2.05) is 56.6 Å². The molecular formula is C15H19N3O2. The molecule has 0 amide bonds. The number of carbonyl (C=O) groups is 1. The summed E-state index contributed by atoms with van der Waals surface area (Å²) in [4.78, 5) is 11.9. The van der Waals surface area contributed by atoms with E-state index in [9.17, 15) is 4.79 Å². The molecule has 5 heteroatoms. The molecule has 106 valence electrons. The molecule has 2 rings (SSSR count). The Labute approximate surface area is 118 Å². The van der Waals surface area contributed by atoms with Crippen molar-refractivity contribution in [3.05, 3.63) is 48.2 Å². The van der Waals surface area contributed by atoms with Crippen LogP contribution in [-0.2, 0) is 23.2 Å². The Hall–Kier alpha value is -2.30. The number of benzene rings is 1. The molecule has 5 nitrogen and oxygen atoms in total. The van der Waals surface area contributed by atoms with Crippen molar-refractivity contribution in [2.75, 3.05) is 11.9 Å². The minimum Gasteiger partial charge on any atom is -0.461 e. The lowest BCUT2D eigenvalue weighted by molar-refractivity contribution is -0.148. The van der Waals surface area contributed by atoms with Gasteiger partial charge in [-0.15, -0.1) is 0 Å². The highest BCUT2D eigenvalue weighted by molar-refractivity contribution is 5.72. The van der Waals surface area contributed by atoms with Crippen molar-refractivity contribution >= 4 is 11.8 Å². The predicted molar refractivity (Wildman–Crippen MR) is 77.1 cm³/mol. The lowest BCUT2D eigenvalue weighted by atomic mass is 10.2. The van der Waals surface area contributed by atoms with Crippen LogP contribution in [0.2, 0.25) is 0 Å². The number of hydrogen-bond donors (Lipinski definition) is 1. The predicted octanol–water partition coefficient (Wildman–Crippen LogP) is 2.21. The van der Waals surface area contributed by atoms with Crippen LogP contribution in [0.5, 0.6) is 0 Å². The number of anilines is 1. The summed E-state index contributed by atoms with van der Waals surface area (Å²) in [7, 11) is 1.85. The van der Waals surface area contributed by atoms with E-state index in [-0.39, 0.29) is 11.9 Å². The summed E-state index contributed by atoms with van der Waals surface area (Å²) in [5.74, 6) is 0.327. The number of esters is 1. The number of ether oxygens (including phenoxy) is 1. The Morgan fingerprint density at radius 2 is 2.10 bits per heavy atom. The first-order valence-corrected chi connectivity index (χ1v) is 6.59. The van der Waals surface area contributed by atoms with Gasteiger partial charge in [0.05, 0.1) is 5.92 Å². The third-order valence-corrected chi connectivity index (χ3v) is 2.93. The fourth-order valence-electron chi connectivity index (χ4n) is 1.72. The molecule has 20 heavy (non-hydrogen) atoms. The number of aromatic nitrogens is 2. The van der Waals surface area contributed by atoms with Gasteiger partial charge in [0.1, 0.15) is 12.4 Å². The normalized spacial score (nSPS) is 11.9. The van der Waals surface area contributed by atoms with Gasteiger partial charge < -0.3 is 10.1 Å². The lowest BCUT2D eigenvalue weighted by Gasteiger charge is -2.12. The molecule has 0 aliphatic rings. The molecule has 1 heterocycles. The van der Waals surface area contributed by atoms with Crippen LogP contribution in [0.3, 0.4) is 0 Å². The van der Waals surface area contributed by atoms with Crippen LogP contribution in [0.4, 0.5) is 5.82 Å². The van der Waals surface area contributed by atoms with Gasteiger partial charge in [-0.3, -0.25) is 9.48 Å². The highest BCUT2D eigenvalue weighted by Crippen LogP contribution is 2.07. The standard InChI is InChI=1S/C15H19N3O2/c1-12(10-16-14-8-9-18(2)17-14)15(19)20-11-13-6-4-3-5-7-13/h3-9,12H,10-11H2,1-2H3,(H,16,17). The summed E-state index contributed by atoms with van der Waals surface area (Å²) in [6.07, 6.45) is 1.85. The van der Waals surface area contributed by atoms with E-state index in [1.165, 1.54) is 0 Å². The monoisotopic (exact) mass is 273 g/mol. The van der Waals surface area contributed by atoms with Crippen molar-refractivity contribution in [2.24, 2.45) is 13.0 Å².